The molecule has 0 bridgehead atoms. The van der Waals surface area contributed by atoms with Crippen LogP contribution in [-0.2, 0) is 5.41 Å². The van der Waals surface area contributed by atoms with Crippen molar-refractivity contribution < 1.29 is 0 Å². The van der Waals surface area contributed by atoms with Crippen LogP contribution in [0.4, 0.5) is 17.1 Å². The van der Waals surface area contributed by atoms with Crippen molar-refractivity contribution in [1.82, 2.24) is 4.57 Å². The van der Waals surface area contributed by atoms with Gasteiger partial charge in [-0.15, -0.1) is 0 Å². The van der Waals surface area contributed by atoms with E-state index in [1.165, 1.54) is 60.9 Å². The molecule has 0 spiro atoms. The van der Waals surface area contributed by atoms with Gasteiger partial charge >= 0.3 is 0 Å². The van der Waals surface area contributed by atoms with E-state index in [1.807, 2.05) is 0 Å². The Kier molecular flexibility index (Phi) is 10.9. The fraction of sp³-hybridized carbons (Fsp3) is 0.276. The number of rotatable bonds is 10. The average molecular weight is 802 g/mol. The second-order valence-corrected chi connectivity index (χ2v) is 20.5. The number of anilines is 3. The molecule has 2 N–H and O–H groups in total. The van der Waals surface area contributed by atoms with Crippen molar-refractivity contribution in [2.24, 2.45) is 16.6 Å². The molecule has 0 aliphatic rings. The zero-order valence-electron chi connectivity index (χ0n) is 37.9. The van der Waals surface area contributed by atoms with E-state index < -0.39 is 0 Å². The second kappa shape index (κ2) is 15.9. The van der Waals surface area contributed by atoms with Crippen molar-refractivity contribution in [3.8, 4) is 27.9 Å². The highest BCUT2D eigenvalue weighted by Gasteiger charge is 2.39. The van der Waals surface area contributed by atoms with Crippen molar-refractivity contribution in [2.75, 3.05) is 4.90 Å². The van der Waals surface area contributed by atoms with E-state index in [4.69, 9.17) is 5.73 Å². The first-order chi connectivity index (χ1) is 28.9. The maximum Gasteiger partial charge on any atom is 0.0541 e. The Morgan fingerprint density at radius 2 is 0.902 bits per heavy atom. The maximum absolute atomic E-state index is 6.73. The number of hydrogen-bond acceptors (Lipinski definition) is 2. The first-order valence-corrected chi connectivity index (χ1v) is 22.0. The molecule has 310 valence electrons. The lowest BCUT2D eigenvalue weighted by Gasteiger charge is -2.44. The number of nitrogens with two attached hydrogens (primary N) is 1. The van der Waals surface area contributed by atoms with Gasteiger partial charge in [-0.1, -0.05) is 152 Å². The maximum atomic E-state index is 6.73. The first kappa shape index (κ1) is 41.8. The summed E-state index contributed by atoms with van der Waals surface area (Å²) in [5, 5.41) is 2.48. The van der Waals surface area contributed by atoms with E-state index in [9.17, 15) is 0 Å². The quantitative estimate of drug-likeness (QED) is 0.149. The van der Waals surface area contributed by atoms with Crippen LogP contribution in [0.2, 0.25) is 0 Å². The van der Waals surface area contributed by atoms with Gasteiger partial charge in [-0.05, 0) is 149 Å². The van der Waals surface area contributed by atoms with Gasteiger partial charge in [0.1, 0.15) is 0 Å². The summed E-state index contributed by atoms with van der Waals surface area (Å²) < 4.78 is 2.43. The third-order valence-corrected chi connectivity index (χ3v) is 13.4. The summed E-state index contributed by atoms with van der Waals surface area (Å²) in [5.41, 5.74) is 21.1. The van der Waals surface area contributed by atoms with Crippen molar-refractivity contribution in [3.05, 3.63) is 181 Å². The number of para-hydroxylation sites is 2. The molecule has 1 atom stereocenters. The van der Waals surface area contributed by atoms with E-state index >= 15 is 0 Å². The van der Waals surface area contributed by atoms with E-state index in [-0.39, 0.29) is 21.8 Å². The Bertz CT molecular complexity index is 2710. The fourth-order valence-corrected chi connectivity index (χ4v) is 8.78. The van der Waals surface area contributed by atoms with Crippen LogP contribution < -0.4 is 10.6 Å². The Morgan fingerprint density at radius 3 is 1.33 bits per heavy atom. The van der Waals surface area contributed by atoms with Crippen LogP contribution in [0, 0.1) is 10.8 Å². The third kappa shape index (κ3) is 8.42. The van der Waals surface area contributed by atoms with Crippen LogP contribution >= 0.6 is 0 Å². The Hall–Kier alpha value is -5.90. The summed E-state index contributed by atoms with van der Waals surface area (Å²) in [6.45, 7) is 22.9. The highest BCUT2D eigenvalue weighted by Crippen LogP contribution is 2.47. The van der Waals surface area contributed by atoms with Gasteiger partial charge < -0.3 is 15.2 Å². The largest absolute Gasteiger partial charge is 0.325 e. The predicted octanol–water partition coefficient (Wildman–Crippen LogP) is 16.2. The molecule has 0 aliphatic heterocycles. The highest BCUT2D eigenvalue weighted by atomic mass is 15.1. The molecule has 3 heteroatoms. The van der Waals surface area contributed by atoms with Crippen LogP contribution in [0.25, 0.3) is 49.7 Å². The fourth-order valence-electron chi connectivity index (χ4n) is 8.78. The molecule has 1 heterocycles. The molecule has 8 aromatic rings. The first-order valence-electron chi connectivity index (χ1n) is 22.0. The van der Waals surface area contributed by atoms with Crippen molar-refractivity contribution in [2.45, 2.75) is 92.5 Å². The molecule has 0 saturated heterocycles. The Labute approximate surface area is 364 Å². The summed E-state index contributed by atoms with van der Waals surface area (Å²) in [6, 6.07) is 62.6. The van der Waals surface area contributed by atoms with Crippen molar-refractivity contribution >= 4 is 38.9 Å². The SMILES string of the molecule is CC(C)(C)c1ccc(-n2c3ccc(-c4ccc(C(CC(C)(C)C(C)(C)N)C(C)(C)C)cc4)cc3c3cc(-c4ccc(N(c5ccccc5)c5ccccc5)cc4)ccc32)cc1. The minimum atomic E-state index is -0.283. The molecule has 3 nitrogen and oxygen atoms in total. The molecule has 0 amide bonds. The number of fused-ring (bicyclic) bond motifs is 3. The topological polar surface area (TPSA) is 34.2 Å². The number of nitrogens with zero attached hydrogens (tertiary/aromatic N) is 2. The average Bonchev–Trinajstić information content (AvgIpc) is 3.56. The van der Waals surface area contributed by atoms with E-state index in [0.717, 1.165) is 23.5 Å². The number of benzene rings is 7. The summed E-state index contributed by atoms with van der Waals surface area (Å²) in [5.74, 6) is 0.372. The lowest BCUT2D eigenvalue weighted by atomic mass is 9.63. The lowest BCUT2D eigenvalue weighted by Crippen LogP contribution is -2.48. The van der Waals surface area contributed by atoms with Gasteiger partial charge in [0.2, 0.25) is 0 Å². The highest BCUT2D eigenvalue weighted by molar-refractivity contribution is 6.11. The molecule has 1 unspecified atom stereocenters. The van der Waals surface area contributed by atoms with Crippen LogP contribution in [0.3, 0.4) is 0 Å². The smallest absolute Gasteiger partial charge is 0.0541 e. The second-order valence-electron chi connectivity index (χ2n) is 20.5. The zero-order chi connectivity index (χ0) is 43.3. The molecule has 0 fully saturated rings. The molecule has 0 saturated carbocycles. The number of hydrogen-bond donors (Lipinski definition) is 1. The van der Waals surface area contributed by atoms with Gasteiger partial charge in [0.25, 0.3) is 0 Å². The van der Waals surface area contributed by atoms with Crippen LogP contribution in [0.5, 0.6) is 0 Å². The van der Waals surface area contributed by atoms with Gasteiger partial charge in [0.05, 0.1) is 11.0 Å². The van der Waals surface area contributed by atoms with Crippen molar-refractivity contribution in [1.29, 1.82) is 0 Å². The minimum Gasteiger partial charge on any atom is -0.325 e. The van der Waals surface area contributed by atoms with E-state index in [2.05, 4.69) is 249 Å². The van der Waals surface area contributed by atoms with Gasteiger partial charge in [0, 0.05) is 39.1 Å². The summed E-state index contributed by atoms with van der Waals surface area (Å²) in [4.78, 5) is 2.31. The minimum absolute atomic E-state index is 0.0263. The molecular formula is C58H63N3. The van der Waals surface area contributed by atoms with Gasteiger partial charge in [-0.25, -0.2) is 0 Å². The third-order valence-electron chi connectivity index (χ3n) is 13.4. The summed E-state index contributed by atoms with van der Waals surface area (Å²) in [6.07, 6.45) is 1.02. The zero-order valence-corrected chi connectivity index (χ0v) is 37.9. The molecular weight excluding hydrogens is 739 g/mol. The summed E-state index contributed by atoms with van der Waals surface area (Å²) >= 11 is 0. The van der Waals surface area contributed by atoms with Gasteiger partial charge in [0.15, 0.2) is 0 Å². The van der Waals surface area contributed by atoms with Crippen LogP contribution in [0.15, 0.2) is 170 Å². The standard InChI is InChI=1S/C58H63N3/c1-55(2,3)45-29-33-49(34-30-45)61-53-35-27-43(40-21-23-42(24-22-40)52(56(4,5)6)39-57(7,8)58(9,10)59)37-50(53)51-38-44(28-36-54(51)61)41-25-31-48(32-26-41)60(46-17-13-11-14-18-46)47-19-15-12-16-20-47/h11-38,52H,39,59H2,1-10H3. The van der Waals surface area contributed by atoms with Gasteiger partial charge in [-0.3, -0.25) is 0 Å². The van der Waals surface area contributed by atoms with E-state index in [0.29, 0.717) is 5.92 Å². The normalized spacial score (nSPS) is 13.2. The van der Waals surface area contributed by atoms with Gasteiger partial charge in [-0.2, -0.15) is 0 Å². The van der Waals surface area contributed by atoms with Crippen LogP contribution in [0.1, 0.15) is 92.7 Å². The molecule has 7 aromatic carbocycles. The lowest BCUT2D eigenvalue weighted by molar-refractivity contribution is 0.137. The Balaban J connectivity index is 1.21. The predicted molar refractivity (Wildman–Crippen MR) is 264 cm³/mol. The molecule has 0 radical (unpaired) electrons. The molecule has 0 aliphatic carbocycles. The molecule has 1 aromatic heterocycles. The number of aromatic nitrogens is 1. The summed E-state index contributed by atoms with van der Waals surface area (Å²) in [7, 11) is 0. The van der Waals surface area contributed by atoms with Crippen molar-refractivity contribution in [3.63, 3.8) is 0 Å². The Morgan fingerprint density at radius 1 is 0.475 bits per heavy atom. The monoisotopic (exact) mass is 802 g/mol. The molecule has 61 heavy (non-hydrogen) atoms. The van der Waals surface area contributed by atoms with E-state index in [1.54, 1.807) is 0 Å². The molecule has 8 rings (SSSR count). The van der Waals surface area contributed by atoms with Crippen LogP contribution in [-0.4, -0.2) is 10.1 Å².